The number of rotatable bonds is 8. The van der Waals surface area contributed by atoms with Crippen molar-refractivity contribution in [3.05, 3.63) is 35.4 Å². The molecule has 1 aromatic carbocycles. The van der Waals surface area contributed by atoms with Gasteiger partial charge in [0.15, 0.2) is 0 Å². The van der Waals surface area contributed by atoms with Gasteiger partial charge in [0.25, 0.3) is 0 Å². The molecule has 0 aliphatic heterocycles. The molecule has 0 radical (unpaired) electrons. The second-order valence-corrected chi connectivity index (χ2v) is 5.54. The molecule has 0 amide bonds. The van der Waals surface area contributed by atoms with Crippen LogP contribution in [-0.4, -0.2) is 25.8 Å². The van der Waals surface area contributed by atoms with Gasteiger partial charge in [0.05, 0.1) is 6.10 Å². The molecule has 4 heteroatoms. The maximum absolute atomic E-state index is 13.8. The second kappa shape index (κ2) is 7.14. The Morgan fingerprint density at radius 2 is 2.10 bits per heavy atom. The van der Waals surface area contributed by atoms with Gasteiger partial charge in [-0.15, -0.1) is 0 Å². The summed E-state index contributed by atoms with van der Waals surface area (Å²) >= 11 is 0. The second-order valence-electron chi connectivity index (χ2n) is 5.54. The van der Waals surface area contributed by atoms with Crippen LogP contribution in [0.5, 0.6) is 0 Å². The third-order valence-electron chi connectivity index (χ3n) is 3.87. The first-order valence-electron chi connectivity index (χ1n) is 7.35. The van der Waals surface area contributed by atoms with Crippen molar-refractivity contribution < 1.29 is 13.5 Å². The summed E-state index contributed by atoms with van der Waals surface area (Å²) in [5, 5.41) is 3.45. The van der Waals surface area contributed by atoms with E-state index in [2.05, 4.69) is 12.2 Å². The number of hydrogen-bond acceptors (Lipinski definition) is 2. The van der Waals surface area contributed by atoms with Crippen molar-refractivity contribution >= 4 is 0 Å². The van der Waals surface area contributed by atoms with Crippen LogP contribution in [0, 0.1) is 17.6 Å². The topological polar surface area (TPSA) is 21.3 Å². The summed E-state index contributed by atoms with van der Waals surface area (Å²) in [5.41, 5.74) is 0.544. The lowest BCUT2D eigenvalue weighted by atomic mass is 9.97. The average molecular weight is 283 g/mol. The SMILES string of the molecule is CCCNC(Cc1ccc(F)cc1F)C(OC)C1CC1. The van der Waals surface area contributed by atoms with E-state index in [1.165, 1.54) is 25.0 Å². The first kappa shape index (κ1) is 15.4. The fourth-order valence-electron chi connectivity index (χ4n) is 2.67. The fraction of sp³-hybridized carbons (Fsp3) is 0.625. The molecule has 20 heavy (non-hydrogen) atoms. The number of benzene rings is 1. The van der Waals surface area contributed by atoms with Crippen LogP contribution in [0.2, 0.25) is 0 Å². The molecule has 2 rings (SSSR count). The average Bonchev–Trinajstić information content (AvgIpc) is 3.24. The molecule has 0 aromatic heterocycles. The summed E-state index contributed by atoms with van der Waals surface area (Å²) in [5.74, 6) is -0.438. The lowest BCUT2D eigenvalue weighted by Gasteiger charge is -2.27. The zero-order valence-electron chi connectivity index (χ0n) is 12.2. The van der Waals surface area contributed by atoms with Crippen LogP contribution in [0.25, 0.3) is 0 Å². The smallest absolute Gasteiger partial charge is 0.129 e. The Morgan fingerprint density at radius 3 is 2.65 bits per heavy atom. The van der Waals surface area contributed by atoms with E-state index in [1.54, 1.807) is 7.11 Å². The van der Waals surface area contributed by atoms with E-state index in [4.69, 9.17) is 4.74 Å². The van der Waals surface area contributed by atoms with Crippen molar-refractivity contribution in [2.75, 3.05) is 13.7 Å². The molecule has 2 nitrogen and oxygen atoms in total. The quantitative estimate of drug-likeness (QED) is 0.790. The Morgan fingerprint density at radius 1 is 1.35 bits per heavy atom. The maximum atomic E-state index is 13.8. The van der Waals surface area contributed by atoms with Crippen LogP contribution < -0.4 is 5.32 Å². The minimum absolute atomic E-state index is 0.0763. The highest BCUT2D eigenvalue weighted by atomic mass is 19.1. The van der Waals surface area contributed by atoms with Crippen molar-refractivity contribution in [1.29, 1.82) is 0 Å². The van der Waals surface area contributed by atoms with E-state index in [-0.39, 0.29) is 12.1 Å². The summed E-state index contributed by atoms with van der Waals surface area (Å²) in [4.78, 5) is 0. The first-order valence-corrected chi connectivity index (χ1v) is 7.35. The highest BCUT2D eigenvalue weighted by molar-refractivity contribution is 5.20. The van der Waals surface area contributed by atoms with Crippen LogP contribution in [0.15, 0.2) is 18.2 Å². The largest absolute Gasteiger partial charge is 0.380 e. The molecule has 1 N–H and O–H groups in total. The van der Waals surface area contributed by atoms with Crippen LogP contribution in [0.3, 0.4) is 0 Å². The van der Waals surface area contributed by atoms with Gasteiger partial charge in [-0.1, -0.05) is 13.0 Å². The maximum Gasteiger partial charge on any atom is 0.129 e. The van der Waals surface area contributed by atoms with Gasteiger partial charge in [-0.3, -0.25) is 0 Å². The van der Waals surface area contributed by atoms with Gasteiger partial charge in [-0.25, -0.2) is 8.78 Å². The molecule has 1 aromatic rings. The highest BCUT2D eigenvalue weighted by Gasteiger charge is 2.36. The summed E-state index contributed by atoms with van der Waals surface area (Å²) in [7, 11) is 1.71. The third-order valence-corrected chi connectivity index (χ3v) is 3.87. The van der Waals surface area contributed by atoms with E-state index < -0.39 is 11.6 Å². The molecular weight excluding hydrogens is 260 g/mol. The van der Waals surface area contributed by atoms with Crippen molar-refractivity contribution in [2.24, 2.45) is 5.92 Å². The predicted octanol–water partition coefficient (Wildman–Crippen LogP) is 3.30. The van der Waals surface area contributed by atoms with Crippen LogP contribution in [0.4, 0.5) is 8.78 Å². The van der Waals surface area contributed by atoms with Gasteiger partial charge in [0.2, 0.25) is 0 Å². The van der Waals surface area contributed by atoms with E-state index >= 15 is 0 Å². The summed E-state index contributed by atoms with van der Waals surface area (Å²) in [6.07, 6.45) is 4.00. The van der Waals surface area contributed by atoms with Crippen molar-refractivity contribution in [2.45, 2.75) is 44.8 Å². The Bertz CT molecular complexity index is 434. The van der Waals surface area contributed by atoms with Gasteiger partial charge in [-0.2, -0.15) is 0 Å². The normalized spacial score (nSPS) is 18.0. The van der Waals surface area contributed by atoms with Crippen molar-refractivity contribution in [1.82, 2.24) is 5.32 Å². The number of nitrogens with one attached hydrogen (secondary N) is 1. The summed E-state index contributed by atoms with van der Waals surface area (Å²) in [6, 6.07) is 3.87. The van der Waals surface area contributed by atoms with Gasteiger partial charge >= 0.3 is 0 Å². The Labute approximate surface area is 119 Å². The number of ether oxygens (including phenoxy) is 1. The van der Waals surface area contributed by atoms with E-state index in [0.717, 1.165) is 19.0 Å². The Hall–Kier alpha value is -1.00. The zero-order chi connectivity index (χ0) is 14.5. The fourth-order valence-corrected chi connectivity index (χ4v) is 2.67. The van der Waals surface area contributed by atoms with Crippen LogP contribution >= 0.6 is 0 Å². The molecule has 0 saturated heterocycles. The van der Waals surface area contributed by atoms with Crippen LogP contribution in [0.1, 0.15) is 31.7 Å². The summed E-state index contributed by atoms with van der Waals surface area (Å²) in [6.45, 7) is 2.97. The highest BCUT2D eigenvalue weighted by Crippen LogP contribution is 2.36. The van der Waals surface area contributed by atoms with Gasteiger partial charge in [0.1, 0.15) is 11.6 Å². The zero-order valence-corrected chi connectivity index (χ0v) is 12.2. The standard InChI is InChI=1S/C16H23F2NO/c1-3-8-19-15(16(20-2)11-4-5-11)9-12-6-7-13(17)10-14(12)18/h6-7,10-11,15-16,19H,3-5,8-9H2,1-2H3. The molecule has 1 fully saturated rings. The number of hydrogen-bond donors (Lipinski definition) is 1. The third kappa shape index (κ3) is 4.00. The van der Waals surface area contributed by atoms with Crippen molar-refractivity contribution in [3.63, 3.8) is 0 Å². The number of methoxy groups -OCH3 is 1. The molecule has 2 unspecified atom stereocenters. The lowest BCUT2D eigenvalue weighted by molar-refractivity contribution is 0.0509. The molecule has 1 saturated carbocycles. The molecule has 1 aliphatic rings. The van der Waals surface area contributed by atoms with E-state index in [1.807, 2.05) is 0 Å². The molecule has 0 spiro atoms. The van der Waals surface area contributed by atoms with Gasteiger partial charge < -0.3 is 10.1 Å². The molecule has 2 atom stereocenters. The van der Waals surface area contributed by atoms with Crippen molar-refractivity contribution in [3.8, 4) is 0 Å². The minimum Gasteiger partial charge on any atom is -0.380 e. The predicted molar refractivity (Wildman–Crippen MR) is 75.7 cm³/mol. The Kier molecular flexibility index (Phi) is 5.49. The monoisotopic (exact) mass is 283 g/mol. The van der Waals surface area contributed by atoms with Gasteiger partial charge in [-0.05, 0) is 49.8 Å². The molecule has 1 aliphatic carbocycles. The molecule has 112 valence electrons. The lowest BCUT2D eigenvalue weighted by Crippen LogP contribution is -2.44. The molecular formula is C16H23F2NO. The number of halogens is 2. The van der Waals surface area contributed by atoms with Crippen LogP contribution in [-0.2, 0) is 11.2 Å². The first-order chi connectivity index (χ1) is 9.65. The Balaban J connectivity index is 2.09. The van der Waals surface area contributed by atoms with E-state index in [0.29, 0.717) is 17.9 Å². The molecule has 0 heterocycles. The van der Waals surface area contributed by atoms with E-state index in [9.17, 15) is 8.78 Å². The summed E-state index contributed by atoms with van der Waals surface area (Å²) < 4.78 is 32.4. The van der Waals surface area contributed by atoms with Gasteiger partial charge in [0, 0.05) is 19.2 Å². The molecule has 0 bridgehead atoms. The minimum atomic E-state index is -0.533.